The van der Waals surface area contributed by atoms with E-state index in [1.54, 1.807) is 0 Å². The number of nitrogens with zero attached hydrogens (tertiary/aromatic N) is 3. The maximum Gasteiger partial charge on any atom is 0.182 e. The minimum atomic E-state index is -0.0762. The second-order valence-electron chi connectivity index (χ2n) is 6.52. The first-order chi connectivity index (χ1) is 9.88. The quantitative estimate of drug-likeness (QED) is 0.759. The van der Waals surface area contributed by atoms with Gasteiger partial charge in [-0.3, -0.25) is 5.10 Å². The van der Waals surface area contributed by atoms with E-state index in [9.17, 15) is 0 Å². The highest BCUT2D eigenvalue weighted by Gasteiger charge is 2.26. The summed E-state index contributed by atoms with van der Waals surface area (Å²) in [5.41, 5.74) is 10.3. The van der Waals surface area contributed by atoms with E-state index in [-0.39, 0.29) is 5.41 Å². The maximum atomic E-state index is 6.04. The minimum Gasteiger partial charge on any atom is -0.383 e. The largest absolute Gasteiger partial charge is 0.383 e. The fraction of sp³-hybridized carbons (Fsp3) is 0.375. The number of aryl methyl sites for hydroxylation is 1. The van der Waals surface area contributed by atoms with Gasteiger partial charge in [-0.05, 0) is 18.1 Å². The number of H-pyrrole nitrogens is 1. The van der Waals surface area contributed by atoms with E-state index in [1.807, 2.05) is 16.8 Å². The standard InChI is InChI=1S/C16H21N5/c1-10-7-5-6-8-11(10)9-21-15-12(14(17)18-19-15)13(20-21)16(2,3)4/h5-8H,9H2,1-4H3,(H3,17,18,19). The van der Waals surface area contributed by atoms with Crippen molar-refractivity contribution in [3.05, 3.63) is 41.1 Å². The van der Waals surface area contributed by atoms with Gasteiger partial charge in [0.05, 0.1) is 17.6 Å². The second-order valence-corrected chi connectivity index (χ2v) is 6.52. The first-order valence-electron chi connectivity index (χ1n) is 7.13. The van der Waals surface area contributed by atoms with E-state index in [0.29, 0.717) is 12.4 Å². The van der Waals surface area contributed by atoms with Gasteiger partial charge in [0.15, 0.2) is 5.65 Å². The predicted octanol–water partition coefficient (Wildman–Crippen LogP) is 3.00. The molecule has 0 unspecified atom stereocenters. The van der Waals surface area contributed by atoms with Crippen molar-refractivity contribution >= 4 is 16.9 Å². The molecule has 3 aromatic rings. The molecule has 0 spiro atoms. The van der Waals surface area contributed by atoms with Crippen LogP contribution in [0, 0.1) is 6.92 Å². The lowest BCUT2D eigenvalue weighted by molar-refractivity contribution is 0.549. The summed E-state index contributed by atoms with van der Waals surface area (Å²) in [5, 5.41) is 12.9. The van der Waals surface area contributed by atoms with Gasteiger partial charge in [-0.1, -0.05) is 45.0 Å². The number of aromatic nitrogens is 4. The minimum absolute atomic E-state index is 0.0762. The van der Waals surface area contributed by atoms with Gasteiger partial charge in [0.2, 0.25) is 0 Å². The molecule has 0 bridgehead atoms. The molecule has 3 rings (SSSR count). The van der Waals surface area contributed by atoms with Crippen molar-refractivity contribution in [3.8, 4) is 0 Å². The van der Waals surface area contributed by atoms with Gasteiger partial charge in [0.1, 0.15) is 5.82 Å². The van der Waals surface area contributed by atoms with Crippen LogP contribution in [0.25, 0.3) is 11.0 Å². The fourth-order valence-electron chi connectivity index (χ4n) is 2.57. The van der Waals surface area contributed by atoms with Crippen LogP contribution < -0.4 is 5.73 Å². The van der Waals surface area contributed by atoms with Crippen molar-refractivity contribution in [1.29, 1.82) is 0 Å². The zero-order chi connectivity index (χ0) is 15.2. The number of rotatable bonds is 2. The number of fused-ring (bicyclic) bond motifs is 1. The molecular formula is C16H21N5. The lowest BCUT2D eigenvalue weighted by Crippen LogP contribution is -2.14. The first kappa shape index (κ1) is 13.7. The summed E-state index contributed by atoms with van der Waals surface area (Å²) < 4.78 is 1.94. The molecule has 1 aromatic carbocycles. The van der Waals surface area contributed by atoms with E-state index >= 15 is 0 Å². The van der Waals surface area contributed by atoms with Crippen LogP contribution in [0.4, 0.5) is 5.82 Å². The number of nitrogens with one attached hydrogen (secondary N) is 1. The van der Waals surface area contributed by atoms with E-state index in [0.717, 1.165) is 16.7 Å². The monoisotopic (exact) mass is 283 g/mol. The molecular weight excluding hydrogens is 262 g/mol. The van der Waals surface area contributed by atoms with Gasteiger partial charge in [0.25, 0.3) is 0 Å². The van der Waals surface area contributed by atoms with Gasteiger partial charge in [-0.25, -0.2) is 4.68 Å². The summed E-state index contributed by atoms with van der Waals surface area (Å²) in [5.74, 6) is 0.589. The van der Waals surface area contributed by atoms with Crippen LogP contribution in [-0.4, -0.2) is 20.0 Å². The van der Waals surface area contributed by atoms with Crippen LogP contribution in [0.1, 0.15) is 37.6 Å². The van der Waals surface area contributed by atoms with Crippen molar-refractivity contribution in [2.75, 3.05) is 5.73 Å². The summed E-state index contributed by atoms with van der Waals surface area (Å²) >= 11 is 0. The van der Waals surface area contributed by atoms with Crippen molar-refractivity contribution in [2.45, 2.75) is 39.7 Å². The highest BCUT2D eigenvalue weighted by Crippen LogP contribution is 2.31. The molecule has 0 saturated heterocycles. The third kappa shape index (κ3) is 2.28. The second kappa shape index (κ2) is 4.62. The van der Waals surface area contributed by atoms with Crippen LogP contribution in [0.3, 0.4) is 0 Å². The molecule has 5 nitrogen and oxygen atoms in total. The van der Waals surface area contributed by atoms with Gasteiger partial charge in [-0.15, -0.1) is 0 Å². The van der Waals surface area contributed by atoms with E-state index in [2.05, 4.69) is 50.0 Å². The summed E-state index contributed by atoms with van der Waals surface area (Å²) in [6.07, 6.45) is 0. The molecule has 3 N–H and O–H groups in total. The summed E-state index contributed by atoms with van der Waals surface area (Å²) in [6.45, 7) is 9.22. The average molecular weight is 283 g/mol. The number of aromatic amines is 1. The average Bonchev–Trinajstić information content (AvgIpc) is 2.94. The number of hydrogen-bond donors (Lipinski definition) is 2. The van der Waals surface area contributed by atoms with Crippen molar-refractivity contribution in [3.63, 3.8) is 0 Å². The van der Waals surface area contributed by atoms with Gasteiger partial charge in [0, 0.05) is 5.41 Å². The Bertz CT molecular complexity index is 789. The Hall–Kier alpha value is -2.30. The Labute approximate surface area is 124 Å². The highest BCUT2D eigenvalue weighted by molar-refractivity contribution is 5.89. The number of anilines is 1. The van der Waals surface area contributed by atoms with Crippen molar-refractivity contribution < 1.29 is 0 Å². The number of nitrogens with two attached hydrogens (primary N) is 1. The van der Waals surface area contributed by atoms with E-state index in [1.165, 1.54) is 11.1 Å². The van der Waals surface area contributed by atoms with Crippen molar-refractivity contribution in [2.24, 2.45) is 0 Å². The summed E-state index contributed by atoms with van der Waals surface area (Å²) in [6, 6.07) is 8.33. The molecule has 0 radical (unpaired) electrons. The zero-order valence-electron chi connectivity index (χ0n) is 12.9. The number of nitrogen functional groups attached to an aromatic ring is 1. The molecule has 110 valence electrons. The fourth-order valence-corrected chi connectivity index (χ4v) is 2.57. The highest BCUT2D eigenvalue weighted by atomic mass is 15.3. The Morgan fingerprint density at radius 2 is 1.95 bits per heavy atom. The third-order valence-corrected chi connectivity index (χ3v) is 3.77. The Morgan fingerprint density at radius 1 is 1.24 bits per heavy atom. The van der Waals surface area contributed by atoms with E-state index in [4.69, 9.17) is 10.8 Å². The molecule has 2 heterocycles. The Morgan fingerprint density at radius 3 is 2.62 bits per heavy atom. The zero-order valence-corrected chi connectivity index (χ0v) is 12.9. The van der Waals surface area contributed by atoms with Gasteiger partial charge < -0.3 is 5.73 Å². The third-order valence-electron chi connectivity index (χ3n) is 3.77. The SMILES string of the molecule is Cc1ccccc1Cn1nc(C(C)(C)C)c2c(N)[nH]nc21. The van der Waals surface area contributed by atoms with Gasteiger partial charge in [-0.2, -0.15) is 10.2 Å². The topological polar surface area (TPSA) is 72.5 Å². The molecule has 0 saturated carbocycles. The molecule has 0 aliphatic heterocycles. The van der Waals surface area contributed by atoms with Crippen LogP contribution in [0.15, 0.2) is 24.3 Å². The molecule has 0 aliphatic carbocycles. The normalized spacial score (nSPS) is 12.2. The Kier molecular flexibility index (Phi) is 3.01. The summed E-state index contributed by atoms with van der Waals surface area (Å²) in [4.78, 5) is 0. The van der Waals surface area contributed by atoms with Crippen molar-refractivity contribution in [1.82, 2.24) is 20.0 Å². The van der Waals surface area contributed by atoms with Crippen LogP contribution in [0.5, 0.6) is 0 Å². The van der Waals surface area contributed by atoms with E-state index < -0.39 is 0 Å². The molecule has 21 heavy (non-hydrogen) atoms. The lowest BCUT2D eigenvalue weighted by atomic mass is 9.91. The molecule has 0 aliphatic rings. The van der Waals surface area contributed by atoms with Crippen LogP contribution in [0.2, 0.25) is 0 Å². The predicted molar refractivity (Wildman–Crippen MR) is 85.3 cm³/mol. The smallest absolute Gasteiger partial charge is 0.182 e. The molecule has 0 fully saturated rings. The van der Waals surface area contributed by atoms with Crippen LogP contribution >= 0.6 is 0 Å². The lowest BCUT2D eigenvalue weighted by Gasteiger charge is -2.15. The Balaban J connectivity index is 2.14. The molecule has 5 heteroatoms. The first-order valence-corrected chi connectivity index (χ1v) is 7.13. The number of hydrogen-bond acceptors (Lipinski definition) is 3. The summed E-state index contributed by atoms with van der Waals surface area (Å²) in [7, 11) is 0. The molecule has 2 aromatic heterocycles. The maximum absolute atomic E-state index is 6.04. The number of benzene rings is 1. The van der Waals surface area contributed by atoms with Gasteiger partial charge >= 0.3 is 0 Å². The molecule has 0 atom stereocenters. The van der Waals surface area contributed by atoms with Crippen LogP contribution in [-0.2, 0) is 12.0 Å². The molecule has 0 amide bonds.